The summed E-state index contributed by atoms with van der Waals surface area (Å²) < 4.78 is 10.9. The molecule has 0 radical (unpaired) electrons. The van der Waals surface area contributed by atoms with Crippen molar-refractivity contribution in [2.24, 2.45) is 5.73 Å². The van der Waals surface area contributed by atoms with Crippen LogP contribution in [0.2, 0.25) is 0 Å². The molecule has 2 aromatic carbocycles. The van der Waals surface area contributed by atoms with Crippen LogP contribution in [0.1, 0.15) is 24.5 Å². The second-order valence-electron chi connectivity index (χ2n) is 5.51. The molecule has 0 aliphatic rings. The van der Waals surface area contributed by atoms with Gasteiger partial charge in [-0.1, -0.05) is 48.5 Å². The van der Waals surface area contributed by atoms with Crippen LogP contribution in [0, 0.1) is 0 Å². The van der Waals surface area contributed by atoms with E-state index in [-0.39, 0.29) is 0 Å². The summed E-state index contributed by atoms with van der Waals surface area (Å²) in [6.45, 7) is 2.09. The molecule has 0 saturated heterocycles. The largest absolute Gasteiger partial charge is 0.496 e. The maximum absolute atomic E-state index is 10.6. The fourth-order valence-corrected chi connectivity index (χ4v) is 2.38. The summed E-state index contributed by atoms with van der Waals surface area (Å²) in [6.07, 6.45) is -0.258. The number of nitrogens with two attached hydrogens (primary N) is 1. The van der Waals surface area contributed by atoms with Crippen molar-refractivity contribution >= 4 is 0 Å². The molecule has 0 heterocycles. The molecular formula is C18H23NO3. The number of aliphatic hydroxyl groups is 1. The molecule has 0 amide bonds. The highest BCUT2D eigenvalue weighted by molar-refractivity contribution is 5.32. The molecule has 2 atom stereocenters. The third-order valence-corrected chi connectivity index (χ3v) is 3.64. The van der Waals surface area contributed by atoms with Crippen LogP contribution in [-0.2, 0) is 16.9 Å². The first-order chi connectivity index (χ1) is 10.5. The highest BCUT2D eigenvalue weighted by Crippen LogP contribution is 2.26. The van der Waals surface area contributed by atoms with Crippen LogP contribution < -0.4 is 10.5 Å². The summed E-state index contributed by atoms with van der Waals surface area (Å²) >= 11 is 0. The van der Waals surface area contributed by atoms with Crippen LogP contribution in [0.15, 0.2) is 54.6 Å². The Bertz CT molecular complexity index is 584. The maximum atomic E-state index is 10.6. The molecule has 2 aromatic rings. The molecule has 0 fully saturated rings. The summed E-state index contributed by atoms with van der Waals surface area (Å²) in [6, 6.07) is 17.1. The van der Waals surface area contributed by atoms with Crippen molar-refractivity contribution in [3.8, 4) is 5.75 Å². The average molecular weight is 301 g/mol. The van der Waals surface area contributed by atoms with E-state index < -0.39 is 11.8 Å². The van der Waals surface area contributed by atoms with Gasteiger partial charge in [0.2, 0.25) is 0 Å². The topological polar surface area (TPSA) is 64.7 Å². The predicted octanol–water partition coefficient (Wildman–Crippen LogP) is 2.79. The fourth-order valence-electron chi connectivity index (χ4n) is 2.38. The van der Waals surface area contributed by atoms with E-state index in [0.29, 0.717) is 13.0 Å². The summed E-state index contributed by atoms with van der Waals surface area (Å²) in [5.74, 6) is 0.768. The van der Waals surface area contributed by atoms with E-state index in [0.717, 1.165) is 16.9 Å². The molecule has 22 heavy (non-hydrogen) atoms. The number of hydrogen-bond donors (Lipinski definition) is 2. The van der Waals surface area contributed by atoms with Gasteiger partial charge in [-0.25, -0.2) is 0 Å². The Morgan fingerprint density at radius 2 is 1.73 bits per heavy atom. The number of methoxy groups -OCH3 is 1. The van der Waals surface area contributed by atoms with Crippen molar-refractivity contribution in [2.75, 3.05) is 7.11 Å². The Morgan fingerprint density at radius 1 is 1.09 bits per heavy atom. The lowest BCUT2D eigenvalue weighted by Crippen LogP contribution is -2.34. The molecule has 2 unspecified atom stereocenters. The van der Waals surface area contributed by atoms with Gasteiger partial charge in [0.05, 0.1) is 19.3 Å². The Balaban J connectivity index is 1.94. The lowest BCUT2D eigenvalue weighted by molar-refractivity contribution is -0.0369. The Morgan fingerprint density at radius 3 is 2.41 bits per heavy atom. The van der Waals surface area contributed by atoms with Crippen molar-refractivity contribution in [3.63, 3.8) is 0 Å². The molecule has 0 saturated carbocycles. The monoisotopic (exact) mass is 301 g/mol. The van der Waals surface area contributed by atoms with Crippen molar-refractivity contribution < 1.29 is 14.6 Å². The van der Waals surface area contributed by atoms with Gasteiger partial charge in [0.25, 0.3) is 0 Å². The Hall–Kier alpha value is -1.88. The van der Waals surface area contributed by atoms with Crippen molar-refractivity contribution in [1.82, 2.24) is 0 Å². The number of para-hydroxylation sites is 1. The summed E-state index contributed by atoms with van der Waals surface area (Å²) in [5, 5.41) is 10.6. The molecule has 3 N–H and O–H groups in total. The van der Waals surface area contributed by atoms with Crippen LogP contribution in [0.25, 0.3) is 0 Å². The second kappa shape index (κ2) is 7.40. The first-order valence-electron chi connectivity index (χ1n) is 7.30. The Kier molecular flexibility index (Phi) is 5.55. The number of ether oxygens (including phenoxy) is 2. The van der Waals surface area contributed by atoms with Crippen molar-refractivity contribution in [3.05, 3.63) is 65.7 Å². The van der Waals surface area contributed by atoms with Gasteiger partial charge in [0.15, 0.2) is 0 Å². The molecular weight excluding hydrogens is 278 g/mol. The van der Waals surface area contributed by atoms with E-state index >= 15 is 0 Å². The standard InChI is InChI=1S/C18H23NO3/c1-18(20,15-9-4-3-5-10-15)12-17(19)22-13-14-8-6-7-11-16(14)21-2/h3-11,17,20H,12-13,19H2,1-2H3. The highest BCUT2D eigenvalue weighted by atomic mass is 16.5. The lowest BCUT2D eigenvalue weighted by atomic mass is 9.92. The minimum atomic E-state index is -1.03. The minimum Gasteiger partial charge on any atom is -0.496 e. The van der Waals surface area contributed by atoms with Crippen LogP contribution >= 0.6 is 0 Å². The van der Waals surface area contributed by atoms with Gasteiger partial charge in [-0.2, -0.15) is 0 Å². The quantitative estimate of drug-likeness (QED) is 0.772. The summed E-state index contributed by atoms with van der Waals surface area (Å²) in [7, 11) is 1.62. The summed E-state index contributed by atoms with van der Waals surface area (Å²) in [5.41, 5.74) is 6.74. The van der Waals surface area contributed by atoms with E-state index in [1.165, 1.54) is 0 Å². The fraction of sp³-hybridized carbons (Fsp3) is 0.333. The normalized spacial score (nSPS) is 15.1. The molecule has 118 valence electrons. The van der Waals surface area contributed by atoms with Gasteiger partial charge in [-0.05, 0) is 18.6 Å². The van der Waals surface area contributed by atoms with E-state index in [1.807, 2.05) is 54.6 Å². The van der Waals surface area contributed by atoms with Gasteiger partial charge < -0.3 is 20.3 Å². The van der Waals surface area contributed by atoms with E-state index in [1.54, 1.807) is 14.0 Å². The first-order valence-corrected chi connectivity index (χ1v) is 7.30. The van der Waals surface area contributed by atoms with Crippen LogP contribution in [0.5, 0.6) is 5.75 Å². The zero-order valence-electron chi connectivity index (χ0n) is 13.0. The third-order valence-electron chi connectivity index (χ3n) is 3.64. The van der Waals surface area contributed by atoms with Gasteiger partial charge in [0.1, 0.15) is 12.0 Å². The van der Waals surface area contributed by atoms with E-state index in [9.17, 15) is 5.11 Å². The zero-order chi connectivity index (χ0) is 16.0. The molecule has 0 spiro atoms. The second-order valence-corrected chi connectivity index (χ2v) is 5.51. The smallest absolute Gasteiger partial charge is 0.124 e. The average Bonchev–Trinajstić information content (AvgIpc) is 2.53. The molecule has 4 heteroatoms. The van der Waals surface area contributed by atoms with Crippen LogP contribution in [0.4, 0.5) is 0 Å². The van der Waals surface area contributed by atoms with Gasteiger partial charge >= 0.3 is 0 Å². The van der Waals surface area contributed by atoms with E-state index in [4.69, 9.17) is 15.2 Å². The minimum absolute atomic E-state index is 0.312. The molecule has 0 aliphatic heterocycles. The van der Waals surface area contributed by atoms with Gasteiger partial charge in [-0.3, -0.25) is 0 Å². The van der Waals surface area contributed by atoms with Crippen LogP contribution in [-0.4, -0.2) is 18.4 Å². The van der Waals surface area contributed by atoms with Gasteiger partial charge in [0, 0.05) is 12.0 Å². The molecule has 0 aliphatic carbocycles. The molecule has 0 aromatic heterocycles. The van der Waals surface area contributed by atoms with Gasteiger partial charge in [-0.15, -0.1) is 0 Å². The first kappa shape index (κ1) is 16.5. The molecule has 2 rings (SSSR count). The predicted molar refractivity (Wildman–Crippen MR) is 86.4 cm³/mol. The summed E-state index contributed by atoms with van der Waals surface area (Å²) in [4.78, 5) is 0. The Labute approximate surface area is 131 Å². The number of benzene rings is 2. The molecule has 0 bridgehead atoms. The third kappa shape index (κ3) is 4.31. The number of rotatable bonds is 7. The van der Waals surface area contributed by atoms with Crippen LogP contribution in [0.3, 0.4) is 0 Å². The SMILES string of the molecule is COc1ccccc1COC(N)CC(C)(O)c1ccccc1. The van der Waals surface area contributed by atoms with Crippen molar-refractivity contribution in [2.45, 2.75) is 31.8 Å². The molecule has 4 nitrogen and oxygen atoms in total. The zero-order valence-corrected chi connectivity index (χ0v) is 13.0. The van der Waals surface area contributed by atoms with Crippen molar-refractivity contribution in [1.29, 1.82) is 0 Å². The van der Waals surface area contributed by atoms with E-state index in [2.05, 4.69) is 0 Å². The maximum Gasteiger partial charge on any atom is 0.124 e. The highest BCUT2D eigenvalue weighted by Gasteiger charge is 2.26. The number of hydrogen-bond acceptors (Lipinski definition) is 4. The lowest BCUT2D eigenvalue weighted by Gasteiger charge is -2.27.